The van der Waals surface area contributed by atoms with E-state index in [-0.39, 0.29) is 18.6 Å². The van der Waals surface area contributed by atoms with Crippen LogP contribution in [0.4, 0.5) is 0 Å². The summed E-state index contributed by atoms with van der Waals surface area (Å²) in [7, 11) is 0. The van der Waals surface area contributed by atoms with Gasteiger partial charge in [-0.2, -0.15) is 5.10 Å². The third-order valence-electron chi connectivity index (χ3n) is 5.53. The molecule has 1 aliphatic rings. The summed E-state index contributed by atoms with van der Waals surface area (Å²) in [5, 5.41) is 14.7. The minimum atomic E-state index is -0.0139. The van der Waals surface area contributed by atoms with Crippen LogP contribution in [0.3, 0.4) is 0 Å². The minimum absolute atomic E-state index is 0.00492. The van der Waals surface area contributed by atoms with Gasteiger partial charge in [-0.05, 0) is 35.0 Å². The van der Waals surface area contributed by atoms with Crippen LogP contribution in [0.5, 0.6) is 11.6 Å². The van der Waals surface area contributed by atoms with Crippen LogP contribution in [-0.4, -0.2) is 56.6 Å². The van der Waals surface area contributed by atoms with Gasteiger partial charge in [0.25, 0.3) is 5.91 Å². The highest BCUT2D eigenvalue weighted by atomic mass is 16.5. The molecule has 1 amide bonds. The van der Waals surface area contributed by atoms with Crippen molar-refractivity contribution in [2.24, 2.45) is 0 Å². The lowest BCUT2D eigenvalue weighted by Gasteiger charge is -2.31. The summed E-state index contributed by atoms with van der Waals surface area (Å²) >= 11 is 0. The van der Waals surface area contributed by atoms with E-state index < -0.39 is 0 Å². The molecule has 8 heteroatoms. The smallest absolute Gasteiger partial charge is 0.260 e. The van der Waals surface area contributed by atoms with Crippen molar-refractivity contribution in [3.05, 3.63) is 73.1 Å². The molecule has 162 valence electrons. The van der Waals surface area contributed by atoms with Crippen LogP contribution < -0.4 is 9.47 Å². The van der Waals surface area contributed by atoms with Crippen molar-refractivity contribution >= 4 is 16.7 Å². The second kappa shape index (κ2) is 9.05. The van der Waals surface area contributed by atoms with Crippen molar-refractivity contribution in [3.8, 4) is 17.4 Å². The van der Waals surface area contributed by atoms with E-state index in [1.165, 1.54) is 0 Å². The quantitative estimate of drug-likeness (QED) is 0.468. The number of benzene rings is 2. The fourth-order valence-corrected chi connectivity index (χ4v) is 3.79. The zero-order valence-electron chi connectivity index (χ0n) is 17.5. The van der Waals surface area contributed by atoms with Gasteiger partial charge in [0, 0.05) is 44.4 Å². The zero-order chi connectivity index (χ0) is 21.8. The Labute approximate surface area is 185 Å². The second-order valence-corrected chi connectivity index (χ2v) is 7.68. The monoisotopic (exact) mass is 429 g/mol. The molecule has 4 aromatic rings. The average molecular weight is 429 g/mol. The Kier molecular flexibility index (Phi) is 5.65. The molecular weight excluding hydrogens is 406 g/mol. The number of carbonyl (C=O) groups is 1. The summed E-state index contributed by atoms with van der Waals surface area (Å²) in [6, 6.07) is 19.4. The Bertz CT molecular complexity index is 1190. The largest absolute Gasteiger partial charge is 0.484 e. The Balaban J connectivity index is 1.09. The first-order valence-corrected chi connectivity index (χ1v) is 10.6. The van der Waals surface area contributed by atoms with Gasteiger partial charge in [-0.25, -0.2) is 4.68 Å². The molecule has 1 saturated heterocycles. The van der Waals surface area contributed by atoms with Crippen molar-refractivity contribution in [2.75, 3.05) is 19.7 Å². The number of rotatable bonds is 6. The highest BCUT2D eigenvalue weighted by Crippen LogP contribution is 2.21. The van der Waals surface area contributed by atoms with Crippen LogP contribution in [0.15, 0.2) is 73.1 Å². The summed E-state index contributed by atoms with van der Waals surface area (Å²) in [4.78, 5) is 14.4. The number of amides is 1. The van der Waals surface area contributed by atoms with E-state index >= 15 is 0 Å². The molecule has 0 spiro atoms. The topological polar surface area (TPSA) is 82.4 Å². The summed E-state index contributed by atoms with van der Waals surface area (Å²) in [5.74, 6) is 1.80. The van der Waals surface area contributed by atoms with Gasteiger partial charge in [-0.3, -0.25) is 4.79 Å². The molecule has 2 aromatic carbocycles. The first kappa shape index (κ1) is 20.0. The average Bonchev–Trinajstić information content (AvgIpc) is 3.38. The Morgan fingerprint density at radius 1 is 0.969 bits per heavy atom. The number of nitrogens with zero attached hydrogens (tertiary/aromatic N) is 5. The minimum Gasteiger partial charge on any atom is -0.484 e. The number of hydrogen-bond donors (Lipinski definition) is 0. The van der Waals surface area contributed by atoms with Crippen molar-refractivity contribution in [1.29, 1.82) is 0 Å². The van der Waals surface area contributed by atoms with Crippen LogP contribution in [0.1, 0.15) is 12.8 Å². The van der Waals surface area contributed by atoms with E-state index in [0.717, 1.165) is 23.6 Å². The molecule has 0 aliphatic carbocycles. The van der Waals surface area contributed by atoms with Crippen molar-refractivity contribution in [2.45, 2.75) is 18.9 Å². The van der Waals surface area contributed by atoms with Crippen molar-refractivity contribution in [1.82, 2.24) is 24.9 Å². The van der Waals surface area contributed by atoms with Crippen molar-refractivity contribution < 1.29 is 14.3 Å². The van der Waals surface area contributed by atoms with E-state index in [4.69, 9.17) is 9.47 Å². The second-order valence-electron chi connectivity index (χ2n) is 7.68. The highest BCUT2D eigenvalue weighted by molar-refractivity contribution is 5.84. The molecule has 0 unspecified atom stereocenters. The van der Waals surface area contributed by atoms with Crippen LogP contribution in [0.2, 0.25) is 0 Å². The van der Waals surface area contributed by atoms with Gasteiger partial charge in [0.15, 0.2) is 12.4 Å². The van der Waals surface area contributed by atoms with Crippen LogP contribution in [0, 0.1) is 0 Å². The lowest BCUT2D eigenvalue weighted by molar-refractivity contribution is -0.135. The maximum atomic E-state index is 12.6. The SMILES string of the molecule is O=C(COc1ccc2ccccc2c1)N1CCC(Oc2ccc(-n3cccn3)nn2)CC1. The highest BCUT2D eigenvalue weighted by Gasteiger charge is 2.24. The number of piperidine rings is 1. The molecule has 3 heterocycles. The zero-order valence-corrected chi connectivity index (χ0v) is 17.5. The molecule has 1 fully saturated rings. The predicted octanol–water partition coefficient (Wildman–Crippen LogP) is 3.26. The number of ether oxygens (including phenoxy) is 2. The first-order chi connectivity index (χ1) is 15.7. The molecule has 2 aromatic heterocycles. The van der Waals surface area contributed by atoms with Crippen molar-refractivity contribution in [3.63, 3.8) is 0 Å². The van der Waals surface area contributed by atoms with Crippen LogP contribution in [-0.2, 0) is 4.79 Å². The molecule has 32 heavy (non-hydrogen) atoms. The van der Waals surface area contributed by atoms with Gasteiger partial charge in [-0.1, -0.05) is 30.3 Å². The number of likely N-dealkylation sites (tertiary alicyclic amines) is 1. The van der Waals surface area contributed by atoms with Gasteiger partial charge in [0.2, 0.25) is 5.88 Å². The molecular formula is C24H23N5O3. The van der Waals surface area contributed by atoms with E-state index in [2.05, 4.69) is 21.4 Å². The van der Waals surface area contributed by atoms with Crippen LogP contribution >= 0.6 is 0 Å². The number of aromatic nitrogens is 4. The van der Waals surface area contributed by atoms with Gasteiger partial charge < -0.3 is 14.4 Å². The molecule has 0 radical (unpaired) electrons. The van der Waals surface area contributed by atoms with Gasteiger partial charge >= 0.3 is 0 Å². The van der Waals surface area contributed by atoms with E-state index in [9.17, 15) is 4.79 Å². The summed E-state index contributed by atoms with van der Waals surface area (Å²) in [6.45, 7) is 1.29. The van der Waals surface area contributed by atoms with E-state index in [0.29, 0.717) is 30.5 Å². The Morgan fingerprint density at radius 2 is 1.81 bits per heavy atom. The number of carbonyl (C=O) groups excluding carboxylic acids is 1. The third kappa shape index (κ3) is 4.54. The third-order valence-corrected chi connectivity index (χ3v) is 5.53. The molecule has 0 N–H and O–H groups in total. The summed E-state index contributed by atoms with van der Waals surface area (Å²) in [5.41, 5.74) is 0. The molecule has 0 atom stereocenters. The van der Waals surface area contributed by atoms with Gasteiger partial charge in [-0.15, -0.1) is 10.2 Å². The van der Waals surface area contributed by atoms with E-state index in [1.807, 2.05) is 53.4 Å². The predicted molar refractivity (Wildman–Crippen MR) is 119 cm³/mol. The lowest BCUT2D eigenvalue weighted by atomic mass is 10.1. The molecule has 1 aliphatic heterocycles. The van der Waals surface area contributed by atoms with Gasteiger partial charge in [0.05, 0.1) is 0 Å². The Hall–Kier alpha value is -3.94. The molecule has 8 nitrogen and oxygen atoms in total. The van der Waals surface area contributed by atoms with Crippen LogP contribution in [0.25, 0.3) is 16.6 Å². The number of hydrogen-bond acceptors (Lipinski definition) is 6. The standard InChI is InChI=1S/C24H23N5O3/c30-24(17-31-21-7-6-18-4-1-2-5-19(18)16-21)28-14-10-20(11-15-28)32-23-9-8-22(26-27-23)29-13-3-12-25-29/h1-9,12-13,16,20H,10-11,14-15,17H2. The van der Waals surface area contributed by atoms with Gasteiger partial charge in [0.1, 0.15) is 11.9 Å². The molecule has 0 bridgehead atoms. The first-order valence-electron chi connectivity index (χ1n) is 10.6. The molecule has 0 saturated carbocycles. The lowest BCUT2D eigenvalue weighted by Crippen LogP contribution is -2.43. The fourth-order valence-electron chi connectivity index (χ4n) is 3.79. The van der Waals surface area contributed by atoms with E-state index in [1.54, 1.807) is 23.1 Å². The molecule has 5 rings (SSSR count). The number of fused-ring (bicyclic) bond motifs is 1. The maximum Gasteiger partial charge on any atom is 0.260 e. The normalized spacial score (nSPS) is 14.4. The summed E-state index contributed by atoms with van der Waals surface area (Å²) in [6.07, 6.45) is 4.98. The maximum absolute atomic E-state index is 12.6. The fraction of sp³-hybridized carbons (Fsp3) is 0.250. The Morgan fingerprint density at radius 3 is 2.56 bits per heavy atom. The summed E-state index contributed by atoms with van der Waals surface area (Å²) < 4.78 is 13.3.